The molecule has 1 unspecified atom stereocenters. The third-order valence-corrected chi connectivity index (χ3v) is 5.65. The SMILES string of the molecule is CCC[C@H](c1ccc(C(F)(F)F)cc1)n1c(C)cc2c1C(CC(=O)O)CCC2. The van der Waals surface area contributed by atoms with Gasteiger partial charge >= 0.3 is 12.1 Å². The molecule has 2 atom stereocenters. The van der Waals surface area contributed by atoms with Gasteiger partial charge in [-0.15, -0.1) is 0 Å². The summed E-state index contributed by atoms with van der Waals surface area (Å²) in [7, 11) is 0. The minimum Gasteiger partial charge on any atom is -0.481 e. The van der Waals surface area contributed by atoms with Crippen LogP contribution in [0.3, 0.4) is 0 Å². The number of fused-ring (bicyclic) bond motifs is 1. The summed E-state index contributed by atoms with van der Waals surface area (Å²) in [6.07, 6.45) is 0.109. The Morgan fingerprint density at radius 2 is 1.96 bits per heavy atom. The summed E-state index contributed by atoms with van der Waals surface area (Å²) >= 11 is 0. The van der Waals surface area contributed by atoms with Crippen molar-refractivity contribution in [3.8, 4) is 0 Å². The topological polar surface area (TPSA) is 42.2 Å². The first kappa shape index (κ1) is 20.5. The van der Waals surface area contributed by atoms with E-state index in [1.54, 1.807) is 12.1 Å². The van der Waals surface area contributed by atoms with E-state index in [0.717, 1.165) is 61.2 Å². The molecule has 0 aliphatic heterocycles. The van der Waals surface area contributed by atoms with Crippen LogP contribution in [0.2, 0.25) is 0 Å². The van der Waals surface area contributed by atoms with E-state index in [1.165, 1.54) is 5.56 Å². The summed E-state index contributed by atoms with van der Waals surface area (Å²) in [4.78, 5) is 11.4. The average Bonchev–Trinajstić information content (AvgIpc) is 2.95. The van der Waals surface area contributed by atoms with E-state index in [9.17, 15) is 23.1 Å². The second-order valence-corrected chi connectivity index (χ2v) is 7.68. The first-order valence-electron chi connectivity index (χ1n) is 9.82. The quantitative estimate of drug-likeness (QED) is 0.644. The van der Waals surface area contributed by atoms with Gasteiger partial charge in [0.05, 0.1) is 18.0 Å². The first-order valence-corrected chi connectivity index (χ1v) is 9.82. The van der Waals surface area contributed by atoms with Gasteiger partial charge in [0, 0.05) is 17.3 Å². The Hall–Kier alpha value is -2.24. The van der Waals surface area contributed by atoms with E-state index in [-0.39, 0.29) is 18.4 Å². The fraction of sp³-hybridized carbons (Fsp3) is 0.500. The van der Waals surface area contributed by atoms with E-state index < -0.39 is 17.7 Å². The number of alkyl halides is 3. The summed E-state index contributed by atoms with van der Waals surface area (Å²) in [6.45, 7) is 4.06. The van der Waals surface area contributed by atoms with Gasteiger partial charge in [0.25, 0.3) is 0 Å². The Morgan fingerprint density at radius 3 is 2.54 bits per heavy atom. The van der Waals surface area contributed by atoms with Crippen molar-refractivity contribution in [3.63, 3.8) is 0 Å². The van der Waals surface area contributed by atoms with Crippen molar-refractivity contribution in [2.75, 3.05) is 0 Å². The number of aromatic nitrogens is 1. The lowest BCUT2D eigenvalue weighted by Gasteiger charge is -2.30. The molecule has 0 fully saturated rings. The Morgan fingerprint density at radius 1 is 1.29 bits per heavy atom. The minimum absolute atomic E-state index is 0.0521. The van der Waals surface area contributed by atoms with Crippen molar-refractivity contribution in [3.05, 3.63) is 58.4 Å². The number of hydrogen-bond donors (Lipinski definition) is 1. The molecular weight excluding hydrogens is 367 g/mol. The maximum Gasteiger partial charge on any atom is 0.416 e. The molecule has 0 bridgehead atoms. The van der Waals surface area contributed by atoms with Crippen LogP contribution < -0.4 is 0 Å². The van der Waals surface area contributed by atoms with Gasteiger partial charge in [-0.3, -0.25) is 4.79 Å². The zero-order valence-corrected chi connectivity index (χ0v) is 16.2. The van der Waals surface area contributed by atoms with Gasteiger partial charge in [-0.25, -0.2) is 0 Å². The molecule has 1 aliphatic rings. The first-order chi connectivity index (χ1) is 13.2. The zero-order valence-electron chi connectivity index (χ0n) is 16.2. The molecule has 3 rings (SSSR count). The van der Waals surface area contributed by atoms with E-state index in [4.69, 9.17) is 0 Å². The molecule has 3 nitrogen and oxygen atoms in total. The number of rotatable bonds is 6. The smallest absolute Gasteiger partial charge is 0.416 e. The van der Waals surface area contributed by atoms with E-state index in [0.29, 0.717) is 0 Å². The molecule has 0 saturated heterocycles. The number of benzene rings is 1. The predicted molar refractivity (Wildman–Crippen MR) is 102 cm³/mol. The monoisotopic (exact) mass is 393 g/mol. The molecule has 152 valence electrons. The maximum atomic E-state index is 12.9. The van der Waals surface area contributed by atoms with Gasteiger partial charge in [0.15, 0.2) is 0 Å². The summed E-state index contributed by atoms with van der Waals surface area (Å²) < 4.78 is 41.0. The Kier molecular flexibility index (Phi) is 5.87. The summed E-state index contributed by atoms with van der Waals surface area (Å²) in [5, 5.41) is 9.34. The van der Waals surface area contributed by atoms with Crippen LogP contribution >= 0.6 is 0 Å². The molecular formula is C22H26F3NO2. The standard InChI is InChI=1S/C22H26F3NO2/c1-3-5-19(15-8-10-18(11-9-15)22(23,24)25)26-14(2)12-16-6-4-7-17(21(16)26)13-20(27)28/h8-12,17,19H,3-7,13H2,1-2H3,(H,27,28)/t17?,19-/m1/s1. The third-order valence-electron chi connectivity index (χ3n) is 5.65. The fourth-order valence-electron chi connectivity index (χ4n) is 4.51. The van der Waals surface area contributed by atoms with Crippen LogP contribution in [0.4, 0.5) is 13.2 Å². The number of aryl methyl sites for hydroxylation is 2. The lowest BCUT2D eigenvalue weighted by atomic mass is 9.85. The van der Waals surface area contributed by atoms with Crippen molar-refractivity contribution in [2.45, 2.75) is 70.5 Å². The van der Waals surface area contributed by atoms with Crippen LogP contribution in [0.5, 0.6) is 0 Å². The second kappa shape index (κ2) is 8.02. The lowest BCUT2D eigenvalue weighted by Crippen LogP contribution is -2.21. The molecule has 0 spiro atoms. The predicted octanol–water partition coefficient (Wildman–Crippen LogP) is 6.10. The highest BCUT2D eigenvalue weighted by Gasteiger charge is 2.32. The zero-order chi connectivity index (χ0) is 20.5. The van der Waals surface area contributed by atoms with E-state index >= 15 is 0 Å². The molecule has 1 N–H and O–H groups in total. The maximum absolute atomic E-state index is 12.9. The van der Waals surface area contributed by atoms with Crippen molar-refractivity contribution >= 4 is 5.97 Å². The van der Waals surface area contributed by atoms with Crippen molar-refractivity contribution in [2.24, 2.45) is 0 Å². The van der Waals surface area contributed by atoms with Gasteiger partial charge in [-0.1, -0.05) is 25.5 Å². The highest BCUT2D eigenvalue weighted by Crippen LogP contribution is 2.40. The molecule has 0 saturated carbocycles. The molecule has 6 heteroatoms. The Balaban J connectivity index is 2.06. The number of carboxylic acids is 1. The molecule has 0 radical (unpaired) electrons. The van der Waals surface area contributed by atoms with Crippen molar-refractivity contribution < 1.29 is 23.1 Å². The van der Waals surface area contributed by atoms with Crippen molar-refractivity contribution in [1.29, 1.82) is 0 Å². The highest BCUT2D eigenvalue weighted by molar-refractivity contribution is 5.68. The van der Waals surface area contributed by atoms with Crippen LogP contribution in [0, 0.1) is 6.92 Å². The minimum atomic E-state index is -4.35. The van der Waals surface area contributed by atoms with Crippen LogP contribution in [0.25, 0.3) is 0 Å². The molecule has 1 aliphatic carbocycles. The van der Waals surface area contributed by atoms with Gasteiger partial charge < -0.3 is 9.67 Å². The van der Waals surface area contributed by atoms with Crippen LogP contribution in [0.15, 0.2) is 30.3 Å². The van der Waals surface area contributed by atoms with Crippen LogP contribution in [-0.2, 0) is 17.4 Å². The number of nitrogens with zero attached hydrogens (tertiary/aromatic N) is 1. The number of carboxylic acid groups (broad SMARTS) is 1. The molecule has 1 aromatic heterocycles. The summed E-state index contributed by atoms with van der Waals surface area (Å²) in [6, 6.07) is 7.42. The summed E-state index contributed by atoms with van der Waals surface area (Å²) in [5.41, 5.74) is 3.46. The number of aliphatic carboxylic acids is 1. The fourth-order valence-corrected chi connectivity index (χ4v) is 4.51. The molecule has 0 amide bonds. The molecule has 1 heterocycles. The third kappa shape index (κ3) is 4.10. The Labute approximate surface area is 163 Å². The summed E-state index contributed by atoms with van der Waals surface area (Å²) in [5.74, 6) is -0.867. The number of hydrogen-bond acceptors (Lipinski definition) is 1. The molecule has 28 heavy (non-hydrogen) atoms. The Bertz CT molecular complexity index is 837. The van der Waals surface area contributed by atoms with Gasteiger partial charge in [-0.2, -0.15) is 13.2 Å². The average molecular weight is 393 g/mol. The largest absolute Gasteiger partial charge is 0.481 e. The number of halogens is 3. The van der Waals surface area contributed by atoms with E-state index in [1.807, 2.05) is 6.92 Å². The normalized spacial score (nSPS) is 18.0. The lowest BCUT2D eigenvalue weighted by molar-refractivity contribution is -0.138. The molecule has 2 aromatic rings. The van der Waals surface area contributed by atoms with Gasteiger partial charge in [-0.05, 0) is 61.9 Å². The highest BCUT2D eigenvalue weighted by atomic mass is 19.4. The second-order valence-electron chi connectivity index (χ2n) is 7.68. The molecule has 1 aromatic carbocycles. The van der Waals surface area contributed by atoms with Crippen molar-refractivity contribution in [1.82, 2.24) is 4.57 Å². The van der Waals surface area contributed by atoms with Gasteiger partial charge in [0.1, 0.15) is 0 Å². The van der Waals surface area contributed by atoms with Crippen LogP contribution in [-0.4, -0.2) is 15.6 Å². The van der Waals surface area contributed by atoms with Gasteiger partial charge in [0.2, 0.25) is 0 Å². The van der Waals surface area contributed by atoms with E-state index in [2.05, 4.69) is 17.6 Å². The number of carbonyl (C=O) groups is 1. The van der Waals surface area contributed by atoms with Crippen LogP contribution in [0.1, 0.15) is 79.1 Å².